The van der Waals surface area contributed by atoms with Crippen molar-refractivity contribution in [2.75, 3.05) is 26.9 Å². The molecule has 0 radical (unpaired) electrons. The first-order valence-corrected chi connectivity index (χ1v) is 11.2. The third-order valence-electron chi connectivity index (χ3n) is 4.32. The van der Waals surface area contributed by atoms with E-state index >= 15 is 0 Å². The Morgan fingerprint density at radius 1 is 1.31 bits per heavy atom. The zero-order valence-corrected chi connectivity index (χ0v) is 21.8. The molecule has 1 N–H and O–H groups in total. The molecule has 0 aliphatic carbocycles. The highest BCUT2D eigenvalue weighted by molar-refractivity contribution is 14.0. The number of hydrogen-bond donors (Lipinski definition) is 1. The minimum Gasteiger partial charge on any atom is -0.356 e. The van der Waals surface area contributed by atoms with Crippen LogP contribution in [-0.4, -0.2) is 52.5 Å². The van der Waals surface area contributed by atoms with Crippen LogP contribution in [0.5, 0.6) is 0 Å². The molecule has 0 aliphatic rings. The maximum atomic E-state index is 6.27. The van der Waals surface area contributed by atoms with Gasteiger partial charge in [0.25, 0.3) is 0 Å². The monoisotopic (exact) mass is 550 g/mol. The first-order chi connectivity index (χ1) is 13.5. The van der Waals surface area contributed by atoms with Crippen molar-refractivity contribution in [3.05, 3.63) is 40.7 Å². The number of aryl methyl sites for hydroxylation is 1. The lowest BCUT2D eigenvalue weighted by molar-refractivity contribution is 0.469. The van der Waals surface area contributed by atoms with Crippen LogP contribution in [-0.2, 0) is 19.5 Å². The lowest BCUT2D eigenvalue weighted by Gasteiger charge is -2.22. The van der Waals surface area contributed by atoms with Crippen molar-refractivity contribution in [2.45, 2.75) is 44.9 Å². The SMILES string of the molecule is CN=C(NCCCc1nnc(SC)n1CC(C)C)N(C)Cc1ccccc1Cl.I. The first kappa shape index (κ1) is 26.0. The van der Waals surface area contributed by atoms with E-state index in [9.17, 15) is 0 Å². The molecule has 0 bridgehead atoms. The Hall–Kier alpha value is -1.000. The predicted molar refractivity (Wildman–Crippen MR) is 135 cm³/mol. The van der Waals surface area contributed by atoms with Gasteiger partial charge in [0.1, 0.15) is 5.82 Å². The smallest absolute Gasteiger partial charge is 0.193 e. The van der Waals surface area contributed by atoms with E-state index < -0.39 is 0 Å². The molecule has 0 spiro atoms. The van der Waals surface area contributed by atoms with E-state index in [1.807, 2.05) is 37.6 Å². The van der Waals surface area contributed by atoms with Crippen LogP contribution in [0.15, 0.2) is 34.4 Å². The van der Waals surface area contributed by atoms with Crippen LogP contribution < -0.4 is 5.32 Å². The molecule has 162 valence electrons. The van der Waals surface area contributed by atoms with E-state index in [1.165, 1.54) is 0 Å². The molecule has 2 rings (SSSR count). The maximum absolute atomic E-state index is 6.27. The molecule has 1 aromatic heterocycles. The molecule has 0 unspecified atom stereocenters. The van der Waals surface area contributed by atoms with E-state index in [4.69, 9.17) is 11.6 Å². The second-order valence-corrected chi connectivity index (χ2v) is 8.31. The number of nitrogens with one attached hydrogen (secondary N) is 1. The Morgan fingerprint density at radius 3 is 2.66 bits per heavy atom. The summed E-state index contributed by atoms with van der Waals surface area (Å²) in [5, 5.41) is 13.9. The van der Waals surface area contributed by atoms with Crippen LogP contribution in [0.2, 0.25) is 5.02 Å². The Morgan fingerprint density at radius 2 is 2.03 bits per heavy atom. The third-order valence-corrected chi connectivity index (χ3v) is 5.36. The summed E-state index contributed by atoms with van der Waals surface area (Å²) in [5.41, 5.74) is 1.08. The lowest BCUT2D eigenvalue weighted by atomic mass is 10.2. The fourth-order valence-electron chi connectivity index (χ4n) is 2.99. The van der Waals surface area contributed by atoms with E-state index in [1.54, 1.807) is 18.8 Å². The zero-order valence-electron chi connectivity index (χ0n) is 17.9. The van der Waals surface area contributed by atoms with Gasteiger partial charge in [-0.25, -0.2) is 0 Å². The average Bonchev–Trinajstić information content (AvgIpc) is 3.04. The topological polar surface area (TPSA) is 58.3 Å². The summed E-state index contributed by atoms with van der Waals surface area (Å²) in [6.45, 7) is 6.92. The molecule has 0 saturated heterocycles. The molecule has 2 aromatic rings. The molecule has 1 heterocycles. The minimum atomic E-state index is 0. The molecule has 1 aromatic carbocycles. The van der Waals surface area contributed by atoms with Crippen LogP contribution in [0.1, 0.15) is 31.7 Å². The first-order valence-electron chi connectivity index (χ1n) is 9.57. The molecule has 29 heavy (non-hydrogen) atoms. The second kappa shape index (κ2) is 13.3. The summed E-state index contributed by atoms with van der Waals surface area (Å²) >= 11 is 7.92. The number of aromatic nitrogens is 3. The molecule has 0 amide bonds. The van der Waals surface area contributed by atoms with Gasteiger partial charge in [0.15, 0.2) is 11.1 Å². The van der Waals surface area contributed by atoms with Gasteiger partial charge in [-0.05, 0) is 30.2 Å². The Labute approximate surface area is 200 Å². The van der Waals surface area contributed by atoms with Gasteiger partial charge >= 0.3 is 0 Å². The van der Waals surface area contributed by atoms with Crippen molar-refractivity contribution in [3.63, 3.8) is 0 Å². The number of benzene rings is 1. The van der Waals surface area contributed by atoms with Gasteiger partial charge in [-0.15, -0.1) is 34.2 Å². The summed E-state index contributed by atoms with van der Waals surface area (Å²) < 4.78 is 2.24. The van der Waals surface area contributed by atoms with Gasteiger partial charge in [-0.2, -0.15) is 0 Å². The quantitative estimate of drug-likeness (QED) is 0.163. The van der Waals surface area contributed by atoms with Crippen LogP contribution >= 0.6 is 47.3 Å². The number of hydrogen-bond acceptors (Lipinski definition) is 4. The Bertz CT molecular complexity index is 780. The summed E-state index contributed by atoms with van der Waals surface area (Å²) in [7, 11) is 3.82. The molecule has 0 atom stereocenters. The van der Waals surface area contributed by atoms with Crippen molar-refractivity contribution < 1.29 is 0 Å². The van der Waals surface area contributed by atoms with Gasteiger partial charge in [0.2, 0.25) is 0 Å². The predicted octanol–water partition coefficient (Wildman–Crippen LogP) is 4.57. The van der Waals surface area contributed by atoms with Gasteiger partial charge in [-0.3, -0.25) is 4.99 Å². The van der Waals surface area contributed by atoms with Crippen LogP contribution in [0.3, 0.4) is 0 Å². The summed E-state index contributed by atoms with van der Waals surface area (Å²) in [6, 6.07) is 7.90. The van der Waals surface area contributed by atoms with Crippen LogP contribution in [0.4, 0.5) is 0 Å². The fraction of sp³-hybridized carbons (Fsp3) is 0.550. The van der Waals surface area contributed by atoms with Gasteiger partial charge in [0, 0.05) is 45.2 Å². The third kappa shape index (κ3) is 7.97. The van der Waals surface area contributed by atoms with E-state index in [0.717, 1.165) is 53.5 Å². The Kier molecular flexibility index (Phi) is 12.0. The van der Waals surface area contributed by atoms with E-state index in [0.29, 0.717) is 12.5 Å². The second-order valence-electron chi connectivity index (χ2n) is 7.13. The number of rotatable bonds is 9. The summed E-state index contributed by atoms with van der Waals surface area (Å²) in [4.78, 5) is 6.46. The number of thioether (sulfide) groups is 1. The van der Waals surface area contributed by atoms with E-state index in [2.05, 4.69) is 43.8 Å². The zero-order chi connectivity index (χ0) is 20.5. The van der Waals surface area contributed by atoms with Crippen molar-refractivity contribution >= 4 is 53.3 Å². The van der Waals surface area contributed by atoms with Crippen LogP contribution in [0, 0.1) is 5.92 Å². The maximum Gasteiger partial charge on any atom is 0.193 e. The lowest BCUT2D eigenvalue weighted by Crippen LogP contribution is -2.39. The molecule has 0 fully saturated rings. The highest BCUT2D eigenvalue weighted by Gasteiger charge is 2.13. The summed E-state index contributed by atoms with van der Waals surface area (Å²) in [6.07, 6.45) is 3.90. The molecule has 0 saturated carbocycles. The van der Waals surface area contributed by atoms with Gasteiger partial charge in [-0.1, -0.05) is 55.4 Å². The number of nitrogens with zero attached hydrogens (tertiary/aromatic N) is 5. The Balaban J connectivity index is 0.00000420. The molecular formula is C20H32ClIN6S. The highest BCUT2D eigenvalue weighted by Crippen LogP contribution is 2.17. The van der Waals surface area contributed by atoms with Gasteiger partial charge < -0.3 is 14.8 Å². The number of halogens is 2. The van der Waals surface area contributed by atoms with Crippen LogP contribution in [0.25, 0.3) is 0 Å². The fourth-order valence-corrected chi connectivity index (χ4v) is 3.71. The standard InChI is InChI=1S/C20H31ClN6S.HI/c1-15(2)13-27-18(24-25-20(27)28-5)11-8-12-23-19(22-3)26(4)14-16-9-6-7-10-17(16)21;/h6-7,9-10,15H,8,11-14H2,1-5H3,(H,22,23);1H. The van der Waals surface area contributed by atoms with Crippen molar-refractivity contribution in [2.24, 2.45) is 10.9 Å². The minimum absolute atomic E-state index is 0. The normalized spacial score (nSPS) is 11.5. The molecule has 9 heteroatoms. The number of guanidine groups is 1. The van der Waals surface area contributed by atoms with Crippen molar-refractivity contribution in [1.29, 1.82) is 0 Å². The van der Waals surface area contributed by atoms with Gasteiger partial charge in [0.05, 0.1) is 0 Å². The van der Waals surface area contributed by atoms with Crippen molar-refractivity contribution in [3.8, 4) is 0 Å². The molecular weight excluding hydrogens is 519 g/mol. The van der Waals surface area contributed by atoms with E-state index in [-0.39, 0.29) is 24.0 Å². The van der Waals surface area contributed by atoms with Crippen molar-refractivity contribution in [1.82, 2.24) is 25.0 Å². The number of aliphatic imine (C=N–C) groups is 1. The molecule has 6 nitrogen and oxygen atoms in total. The highest BCUT2D eigenvalue weighted by atomic mass is 127. The summed E-state index contributed by atoms with van der Waals surface area (Å²) in [5.74, 6) is 2.48. The molecule has 0 aliphatic heterocycles. The average molecular weight is 551 g/mol. The largest absolute Gasteiger partial charge is 0.356 e.